The predicted molar refractivity (Wildman–Crippen MR) is 220 cm³/mol. The summed E-state index contributed by atoms with van der Waals surface area (Å²) >= 11 is 0. The SMILES string of the molecule is c1ccc(-c2ccc3cc(N(c4ccccc4-c4ccccc4)c4ccc5oc6ccccc6c5c4-c4ccc5ccccc5c4)ccc3c2)cc1. The molecule has 0 aliphatic rings. The van der Waals surface area contributed by atoms with Crippen molar-refractivity contribution < 1.29 is 4.42 Å². The fraction of sp³-hybridized carbons (Fsp3) is 0. The van der Waals surface area contributed by atoms with Crippen LogP contribution in [0, 0.1) is 0 Å². The van der Waals surface area contributed by atoms with Crippen molar-refractivity contribution >= 4 is 60.5 Å². The molecule has 9 aromatic carbocycles. The van der Waals surface area contributed by atoms with E-state index in [1.807, 2.05) is 6.07 Å². The molecular formula is C50H33NO. The summed E-state index contributed by atoms with van der Waals surface area (Å²) in [6.45, 7) is 0. The molecule has 0 spiro atoms. The van der Waals surface area contributed by atoms with Gasteiger partial charge >= 0.3 is 0 Å². The molecule has 0 atom stereocenters. The molecule has 0 fully saturated rings. The fourth-order valence-electron chi connectivity index (χ4n) is 7.75. The fourth-order valence-corrected chi connectivity index (χ4v) is 7.75. The van der Waals surface area contributed by atoms with Gasteiger partial charge in [0.25, 0.3) is 0 Å². The summed E-state index contributed by atoms with van der Waals surface area (Å²) in [6.07, 6.45) is 0. The number of hydrogen-bond acceptors (Lipinski definition) is 2. The van der Waals surface area contributed by atoms with Crippen LogP contribution in [0.3, 0.4) is 0 Å². The van der Waals surface area contributed by atoms with Crippen LogP contribution in [0.15, 0.2) is 205 Å². The van der Waals surface area contributed by atoms with E-state index in [0.29, 0.717) is 0 Å². The van der Waals surface area contributed by atoms with E-state index in [9.17, 15) is 0 Å². The summed E-state index contributed by atoms with van der Waals surface area (Å²) in [5, 5.41) is 7.01. The number of rotatable bonds is 6. The lowest BCUT2D eigenvalue weighted by molar-refractivity contribution is 0.669. The van der Waals surface area contributed by atoms with Crippen LogP contribution in [-0.4, -0.2) is 0 Å². The lowest BCUT2D eigenvalue weighted by atomic mass is 9.93. The van der Waals surface area contributed by atoms with Crippen molar-refractivity contribution in [3.63, 3.8) is 0 Å². The highest BCUT2D eigenvalue weighted by atomic mass is 16.3. The largest absolute Gasteiger partial charge is 0.456 e. The lowest BCUT2D eigenvalue weighted by Crippen LogP contribution is -2.12. The third-order valence-electron chi connectivity index (χ3n) is 10.2. The molecule has 0 amide bonds. The third kappa shape index (κ3) is 5.12. The van der Waals surface area contributed by atoms with Crippen molar-refractivity contribution in [2.24, 2.45) is 0 Å². The Hall–Kier alpha value is -6.90. The van der Waals surface area contributed by atoms with Gasteiger partial charge in [-0.1, -0.05) is 152 Å². The van der Waals surface area contributed by atoms with E-state index < -0.39 is 0 Å². The smallest absolute Gasteiger partial charge is 0.136 e. The number of hydrogen-bond donors (Lipinski definition) is 0. The van der Waals surface area contributed by atoms with Crippen molar-refractivity contribution in [3.8, 4) is 33.4 Å². The Bertz CT molecular complexity index is 2910. The zero-order valence-corrected chi connectivity index (χ0v) is 28.4. The molecule has 0 bridgehead atoms. The molecule has 1 aromatic heterocycles. The minimum Gasteiger partial charge on any atom is -0.456 e. The van der Waals surface area contributed by atoms with Crippen LogP contribution in [0.5, 0.6) is 0 Å². The van der Waals surface area contributed by atoms with E-state index >= 15 is 0 Å². The van der Waals surface area contributed by atoms with Gasteiger partial charge in [0, 0.05) is 27.6 Å². The Morgan fingerprint density at radius 1 is 0.346 bits per heavy atom. The number of para-hydroxylation sites is 2. The Morgan fingerprint density at radius 2 is 0.962 bits per heavy atom. The topological polar surface area (TPSA) is 16.4 Å². The second-order valence-electron chi connectivity index (χ2n) is 13.3. The van der Waals surface area contributed by atoms with E-state index in [-0.39, 0.29) is 0 Å². The molecule has 0 saturated heterocycles. The number of fused-ring (bicyclic) bond motifs is 5. The van der Waals surface area contributed by atoms with Crippen molar-refractivity contribution in [1.29, 1.82) is 0 Å². The molecule has 10 aromatic rings. The third-order valence-corrected chi connectivity index (χ3v) is 10.2. The van der Waals surface area contributed by atoms with E-state index in [4.69, 9.17) is 4.42 Å². The molecule has 0 aliphatic heterocycles. The summed E-state index contributed by atoms with van der Waals surface area (Å²) in [7, 11) is 0. The van der Waals surface area contributed by atoms with Crippen LogP contribution in [-0.2, 0) is 0 Å². The first-order valence-corrected chi connectivity index (χ1v) is 17.8. The van der Waals surface area contributed by atoms with Gasteiger partial charge in [0.2, 0.25) is 0 Å². The highest BCUT2D eigenvalue weighted by Gasteiger charge is 2.24. The molecule has 0 unspecified atom stereocenters. The molecule has 10 rings (SSSR count). The van der Waals surface area contributed by atoms with Crippen molar-refractivity contribution in [2.75, 3.05) is 4.90 Å². The van der Waals surface area contributed by atoms with Gasteiger partial charge < -0.3 is 9.32 Å². The van der Waals surface area contributed by atoms with Crippen molar-refractivity contribution in [1.82, 2.24) is 0 Å². The Balaban J connectivity index is 1.27. The normalized spacial score (nSPS) is 11.5. The van der Waals surface area contributed by atoms with Gasteiger partial charge in [-0.2, -0.15) is 0 Å². The monoisotopic (exact) mass is 663 g/mol. The van der Waals surface area contributed by atoms with E-state index in [0.717, 1.165) is 55.7 Å². The molecule has 0 radical (unpaired) electrons. The Labute approximate surface area is 302 Å². The number of benzene rings is 9. The highest BCUT2D eigenvalue weighted by molar-refractivity contribution is 6.17. The first kappa shape index (κ1) is 30.0. The maximum Gasteiger partial charge on any atom is 0.136 e. The predicted octanol–water partition coefficient (Wildman–Crippen LogP) is 14.4. The van der Waals surface area contributed by atoms with E-state index in [1.165, 1.54) is 38.2 Å². The number of anilines is 3. The molecule has 0 N–H and O–H groups in total. The second kappa shape index (κ2) is 12.5. The van der Waals surface area contributed by atoms with Crippen LogP contribution in [0.1, 0.15) is 0 Å². The average molecular weight is 664 g/mol. The lowest BCUT2D eigenvalue weighted by Gasteiger charge is -2.30. The maximum atomic E-state index is 6.53. The standard InChI is InChI=1S/C50H33NO/c1-3-13-34(14-4-1)38-24-25-40-33-42(28-27-39(40)31-38)51(45-21-11-9-19-43(45)36-16-5-2-6-17-36)46-29-30-48-50(44-20-10-12-22-47(44)52-48)49(46)41-26-23-35-15-7-8-18-37(35)32-41/h1-33H. The Kier molecular flexibility index (Phi) is 7.18. The van der Waals surface area contributed by atoms with Gasteiger partial charge in [0.1, 0.15) is 11.2 Å². The molecule has 0 saturated carbocycles. The maximum absolute atomic E-state index is 6.53. The molecule has 244 valence electrons. The summed E-state index contributed by atoms with van der Waals surface area (Å²) in [5.41, 5.74) is 12.0. The second-order valence-corrected chi connectivity index (χ2v) is 13.3. The quantitative estimate of drug-likeness (QED) is 0.176. The van der Waals surface area contributed by atoms with Crippen molar-refractivity contribution in [2.45, 2.75) is 0 Å². The van der Waals surface area contributed by atoms with Crippen LogP contribution < -0.4 is 4.90 Å². The zero-order chi connectivity index (χ0) is 34.4. The molecule has 2 heteroatoms. The Morgan fingerprint density at radius 3 is 1.83 bits per heavy atom. The molecule has 52 heavy (non-hydrogen) atoms. The van der Waals surface area contributed by atoms with Crippen LogP contribution in [0.4, 0.5) is 17.1 Å². The number of furan rings is 1. The van der Waals surface area contributed by atoms with Gasteiger partial charge in [-0.05, 0) is 92.3 Å². The van der Waals surface area contributed by atoms with E-state index in [1.54, 1.807) is 0 Å². The first-order valence-electron chi connectivity index (χ1n) is 17.8. The number of nitrogens with zero attached hydrogens (tertiary/aromatic N) is 1. The van der Waals surface area contributed by atoms with Crippen LogP contribution in [0.25, 0.3) is 76.9 Å². The van der Waals surface area contributed by atoms with Gasteiger partial charge in [0.05, 0.1) is 11.4 Å². The molecule has 0 aliphatic carbocycles. The summed E-state index contributed by atoms with van der Waals surface area (Å²) in [5.74, 6) is 0. The summed E-state index contributed by atoms with van der Waals surface area (Å²) < 4.78 is 6.53. The molecule has 2 nitrogen and oxygen atoms in total. The zero-order valence-electron chi connectivity index (χ0n) is 28.4. The van der Waals surface area contributed by atoms with Crippen LogP contribution >= 0.6 is 0 Å². The average Bonchev–Trinajstić information content (AvgIpc) is 3.60. The van der Waals surface area contributed by atoms with Gasteiger partial charge in [-0.15, -0.1) is 0 Å². The van der Waals surface area contributed by atoms with Gasteiger partial charge in [0.15, 0.2) is 0 Å². The minimum absolute atomic E-state index is 0.872. The molecular weight excluding hydrogens is 631 g/mol. The summed E-state index contributed by atoms with van der Waals surface area (Å²) in [6, 6.07) is 71.8. The van der Waals surface area contributed by atoms with Crippen LogP contribution in [0.2, 0.25) is 0 Å². The van der Waals surface area contributed by atoms with Gasteiger partial charge in [-0.3, -0.25) is 0 Å². The molecule has 1 heterocycles. The minimum atomic E-state index is 0.872. The van der Waals surface area contributed by atoms with E-state index in [2.05, 4.69) is 199 Å². The van der Waals surface area contributed by atoms with Crippen molar-refractivity contribution in [3.05, 3.63) is 200 Å². The van der Waals surface area contributed by atoms with Gasteiger partial charge in [-0.25, -0.2) is 0 Å². The highest BCUT2D eigenvalue weighted by Crippen LogP contribution is 2.49. The first-order chi connectivity index (χ1) is 25.8. The summed E-state index contributed by atoms with van der Waals surface area (Å²) in [4.78, 5) is 2.44.